The summed E-state index contributed by atoms with van der Waals surface area (Å²) in [5.74, 6) is -0.671. The maximum atomic E-state index is 14.1. The number of amides is 3. The number of hydrogen-bond donors (Lipinski definition) is 2. The number of rotatable bonds is 10. The predicted molar refractivity (Wildman–Crippen MR) is 151 cm³/mol. The monoisotopic (exact) mass is 553 g/mol. The molecule has 2 N–H and O–H groups in total. The van der Waals surface area contributed by atoms with Gasteiger partial charge in [-0.05, 0) is 62.8 Å². The van der Waals surface area contributed by atoms with Crippen LogP contribution in [0.25, 0.3) is 0 Å². The van der Waals surface area contributed by atoms with E-state index in [0.717, 1.165) is 19.3 Å². The van der Waals surface area contributed by atoms with Crippen LogP contribution in [0.2, 0.25) is 0 Å². The third kappa shape index (κ3) is 5.14. The molecule has 0 aromatic heterocycles. The first-order valence-electron chi connectivity index (χ1n) is 14.7. The molecule has 3 fully saturated rings. The van der Waals surface area contributed by atoms with Gasteiger partial charge >= 0.3 is 0 Å². The van der Waals surface area contributed by atoms with Crippen LogP contribution in [0.5, 0.6) is 5.75 Å². The van der Waals surface area contributed by atoms with Crippen molar-refractivity contribution < 1.29 is 28.6 Å². The summed E-state index contributed by atoms with van der Waals surface area (Å²) in [7, 11) is 1.58. The van der Waals surface area contributed by atoms with E-state index in [-0.39, 0.29) is 29.9 Å². The fourth-order valence-corrected chi connectivity index (χ4v) is 7.01. The van der Waals surface area contributed by atoms with Crippen molar-refractivity contribution in [3.8, 4) is 5.75 Å². The smallest absolute Gasteiger partial charge is 0.246 e. The molecule has 40 heavy (non-hydrogen) atoms. The summed E-state index contributed by atoms with van der Waals surface area (Å²) < 4.78 is 17.4. The van der Waals surface area contributed by atoms with Gasteiger partial charge in [-0.15, -0.1) is 0 Å². The summed E-state index contributed by atoms with van der Waals surface area (Å²) in [6.07, 6.45) is 6.94. The Kier molecular flexibility index (Phi) is 8.25. The van der Waals surface area contributed by atoms with Crippen molar-refractivity contribution >= 4 is 23.4 Å². The van der Waals surface area contributed by atoms with Crippen molar-refractivity contribution in [1.29, 1.82) is 0 Å². The Morgan fingerprint density at radius 1 is 1.15 bits per heavy atom. The van der Waals surface area contributed by atoms with Crippen molar-refractivity contribution in [2.24, 2.45) is 23.7 Å². The zero-order valence-corrected chi connectivity index (χ0v) is 24.2. The number of fused-ring (bicyclic) bond motifs is 1. The van der Waals surface area contributed by atoms with Crippen LogP contribution in [0, 0.1) is 23.7 Å². The number of hydrogen-bond acceptors (Lipinski definition) is 6. The van der Waals surface area contributed by atoms with Crippen LogP contribution in [0.3, 0.4) is 0 Å². The van der Waals surface area contributed by atoms with E-state index in [0.29, 0.717) is 42.8 Å². The lowest BCUT2D eigenvalue weighted by atomic mass is 9.73. The van der Waals surface area contributed by atoms with E-state index in [9.17, 15) is 14.4 Å². The first-order valence-corrected chi connectivity index (χ1v) is 14.7. The van der Waals surface area contributed by atoms with Gasteiger partial charge < -0.3 is 29.7 Å². The van der Waals surface area contributed by atoms with Crippen molar-refractivity contribution in [2.75, 3.05) is 25.6 Å². The van der Waals surface area contributed by atoms with Crippen LogP contribution < -0.4 is 15.4 Å². The minimum Gasteiger partial charge on any atom is -0.497 e. The summed E-state index contributed by atoms with van der Waals surface area (Å²) in [4.78, 5) is 43.4. The standard InChI is InChI=1S/C31H43N3O6/c1-18(2)39-17-7-16-34-27(29(36)33-23-9-6-8-19(3)20(23)4)31-15-14-24(40-31)25(26(31)30(34)37)28(35)32-21-10-12-22(38-5)13-11-21/h10-15,18-20,23-27H,6-9,16-17H2,1-5H3,(H,32,35)(H,33,36)/t19-,20-,23-,24+,25-,26+,27+,31+/m1/s1. The number of methoxy groups -OCH3 is 1. The summed E-state index contributed by atoms with van der Waals surface area (Å²) in [6, 6.07) is 6.26. The Morgan fingerprint density at radius 3 is 2.60 bits per heavy atom. The lowest BCUT2D eigenvalue weighted by Gasteiger charge is -2.38. The molecular weight excluding hydrogens is 510 g/mol. The molecule has 0 unspecified atom stereocenters. The zero-order chi connectivity index (χ0) is 28.6. The van der Waals surface area contributed by atoms with Crippen LogP contribution in [0.1, 0.15) is 53.4 Å². The number of benzene rings is 1. The summed E-state index contributed by atoms with van der Waals surface area (Å²) in [5, 5.41) is 6.24. The minimum atomic E-state index is -1.17. The van der Waals surface area contributed by atoms with Gasteiger partial charge in [0.1, 0.15) is 17.4 Å². The normalized spacial score (nSPS) is 34.3. The van der Waals surface area contributed by atoms with Crippen molar-refractivity contribution in [3.05, 3.63) is 36.4 Å². The van der Waals surface area contributed by atoms with E-state index in [1.54, 1.807) is 36.3 Å². The van der Waals surface area contributed by atoms with Gasteiger partial charge in [0.2, 0.25) is 17.7 Å². The molecule has 9 heteroatoms. The first-order chi connectivity index (χ1) is 19.2. The predicted octanol–water partition coefficient (Wildman–Crippen LogP) is 3.54. The van der Waals surface area contributed by atoms with Crippen LogP contribution >= 0.6 is 0 Å². The SMILES string of the molecule is COc1ccc(NC(=O)[C@@H]2[C@@H]3C=C[C@]4(O3)[C@@H]2C(=O)N(CCCOC(C)C)[C@H]4C(=O)N[C@@H]2CCC[C@@H](C)[C@H]2C)cc1. The molecule has 3 amide bonds. The fourth-order valence-electron chi connectivity index (χ4n) is 7.01. The Morgan fingerprint density at radius 2 is 1.90 bits per heavy atom. The maximum Gasteiger partial charge on any atom is 0.246 e. The number of likely N-dealkylation sites (tertiary alicyclic amines) is 1. The lowest BCUT2D eigenvalue weighted by molar-refractivity contribution is -0.142. The van der Waals surface area contributed by atoms with Crippen LogP contribution in [0.15, 0.2) is 36.4 Å². The van der Waals surface area contributed by atoms with E-state index in [1.165, 1.54) is 0 Å². The van der Waals surface area contributed by atoms with Gasteiger partial charge in [0.15, 0.2) is 0 Å². The molecule has 2 saturated heterocycles. The highest BCUT2D eigenvalue weighted by Gasteiger charge is 2.72. The minimum absolute atomic E-state index is 0.0460. The van der Waals surface area contributed by atoms with E-state index >= 15 is 0 Å². The van der Waals surface area contributed by atoms with E-state index in [4.69, 9.17) is 14.2 Å². The quantitative estimate of drug-likeness (QED) is 0.339. The molecule has 8 atom stereocenters. The van der Waals surface area contributed by atoms with E-state index in [1.807, 2.05) is 26.0 Å². The first kappa shape index (κ1) is 28.6. The average Bonchev–Trinajstić information content (AvgIpc) is 3.57. The third-order valence-electron chi connectivity index (χ3n) is 9.31. The van der Waals surface area contributed by atoms with Gasteiger partial charge in [-0.25, -0.2) is 0 Å². The van der Waals surface area contributed by atoms with Gasteiger partial charge in [-0.2, -0.15) is 0 Å². The second kappa shape index (κ2) is 11.5. The summed E-state index contributed by atoms with van der Waals surface area (Å²) >= 11 is 0. The van der Waals surface area contributed by atoms with Gasteiger partial charge in [-0.3, -0.25) is 14.4 Å². The fraction of sp³-hybridized carbons (Fsp3) is 0.645. The average molecular weight is 554 g/mol. The molecule has 4 aliphatic rings. The highest BCUT2D eigenvalue weighted by molar-refractivity contribution is 6.02. The maximum absolute atomic E-state index is 14.1. The van der Waals surface area contributed by atoms with Gasteiger partial charge in [0.25, 0.3) is 0 Å². The number of nitrogens with one attached hydrogen (secondary N) is 2. The van der Waals surface area contributed by atoms with Crippen molar-refractivity contribution in [3.63, 3.8) is 0 Å². The molecule has 3 aliphatic heterocycles. The number of anilines is 1. The molecule has 2 bridgehead atoms. The Bertz CT molecular complexity index is 1140. The Hall–Kier alpha value is -2.91. The van der Waals surface area contributed by atoms with Crippen molar-refractivity contribution in [1.82, 2.24) is 10.2 Å². The molecule has 5 rings (SSSR count). The lowest BCUT2D eigenvalue weighted by Crippen LogP contribution is -2.58. The second-order valence-electron chi connectivity index (χ2n) is 12.1. The van der Waals surface area contributed by atoms with Crippen molar-refractivity contribution in [2.45, 2.75) is 83.3 Å². The van der Waals surface area contributed by atoms with Crippen LogP contribution in [-0.4, -0.2) is 72.8 Å². The number of ether oxygens (including phenoxy) is 3. The molecule has 1 aromatic rings. The Balaban J connectivity index is 1.39. The number of carbonyl (C=O) groups excluding carboxylic acids is 3. The topological polar surface area (TPSA) is 106 Å². The third-order valence-corrected chi connectivity index (χ3v) is 9.31. The largest absolute Gasteiger partial charge is 0.497 e. The van der Waals surface area contributed by atoms with Crippen LogP contribution in [0.4, 0.5) is 5.69 Å². The van der Waals surface area contributed by atoms with Gasteiger partial charge in [-0.1, -0.05) is 38.8 Å². The Labute approximate surface area is 237 Å². The molecule has 1 spiro atoms. The molecular formula is C31H43N3O6. The number of carbonyl (C=O) groups is 3. The highest BCUT2D eigenvalue weighted by atomic mass is 16.5. The molecule has 3 heterocycles. The molecule has 1 saturated carbocycles. The zero-order valence-electron chi connectivity index (χ0n) is 24.2. The molecule has 218 valence electrons. The van der Waals surface area contributed by atoms with E-state index in [2.05, 4.69) is 24.5 Å². The van der Waals surface area contributed by atoms with Crippen LogP contribution in [-0.2, 0) is 23.9 Å². The molecule has 1 aromatic carbocycles. The van der Waals surface area contributed by atoms with Gasteiger partial charge in [0.05, 0.1) is 31.2 Å². The summed E-state index contributed by atoms with van der Waals surface area (Å²) in [6.45, 7) is 9.19. The highest BCUT2D eigenvalue weighted by Crippen LogP contribution is 2.55. The van der Waals surface area contributed by atoms with E-state index < -0.39 is 29.6 Å². The second-order valence-corrected chi connectivity index (χ2v) is 12.1. The molecule has 9 nitrogen and oxygen atoms in total. The summed E-state index contributed by atoms with van der Waals surface area (Å²) in [5.41, 5.74) is -0.565. The molecule has 0 radical (unpaired) electrons. The number of nitrogens with zero attached hydrogens (tertiary/aromatic N) is 1. The molecule has 1 aliphatic carbocycles. The van der Waals surface area contributed by atoms with Gasteiger partial charge in [0, 0.05) is 24.9 Å².